The quantitative estimate of drug-likeness (QED) is 0.749. The molecule has 0 amide bonds. The van der Waals surface area contributed by atoms with E-state index in [-0.39, 0.29) is 0 Å². The summed E-state index contributed by atoms with van der Waals surface area (Å²) in [4.78, 5) is 10.8. The van der Waals surface area contributed by atoms with Crippen molar-refractivity contribution in [2.45, 2.75) is 19.8 Å². The highest BCUT2D eigenvalue weighted by molar-refractivity contribution is 5.42. The van der Waals surface area contributed by atoms with Crippen molar-refractivity contribution in [1.82, 2.24) is 9.97 Å². The molecule has 0 aromatic carbocycles. The van der Waals surface area contributed by atoms with Crippen molar-refractivity contribution >= 4 is 5.82 Å². The van der Waals surface area contributed by atoms with E-state index in [9.17, 15) is 0 Å². The highest BCUT2D eigenvalue weighted by Gasteiger charge is 2.34. The van der Waals surface area contributed by atoms with Gasteiger partial charge >= 0.3 is 0 Å². The number of aromatic nitrogens is 2. The van der Waals surface area contributed by atoms with Gasteiger partial charge in [0.25, 0.3) is 0 Å². The fraction of sp³-hybridized carbons (Fsp3) is 0.571. The Morgan fingerprint density at radius 2 is 2.11 bits per heavy atom. The number of rotatable bonds is 2. The summed E-state index contributed by atoms with van der Waals surface area (Å²) in [6, 6.07) is 1.93. The molecule has 3 rings (SSSR count). The van der Waals surface area contributed by atoms with Gasteiger partial charge in [0.2, 0.25) is 5.88 Å². The van der Waals surface area contributed by atoms with Crippen molar-refractivity contribution in [3.8, 4) is 5.88 Å². The first-order valence-corrected chi connectivity index (χ1v) is 6.53. The van der Waals surface area contributed by atoms with Crippen LogP contribution in [-0.4, -0.2) is 30.2 Å². The molecular weight excluding hydrogens is 226 g/mol. The Morgan fingerprint density at radius 1 is 1.28 bits per heavy atom. The van der Waals surface area contributed by atoms with E-state index >= 15 is 0 Å². The Hall–Kier alpha value is -1.58. The van der Waals surface area contributed by atoms with Crippen molar-refractivity contribution in [3.63, 3.8) is 0 Å². The number of anilines is 1. The van der Waals surface area contributed by atoms with Gasteiger partial charge in [0.05, 0.1) is 7.11 Å². The molecule has 4 nitrogen and oxygen atoms in total. The van der Waals surface area contributed by atoms with Gasteiger partial charge in [0.15, 0.2) is 0 Å². The summed E-state index contributed by atoms with van der Waals surface area (Å²) in [6.07, 6.45) is 6.43. The molecule has 4 heteroatoms. The van der Waals surface area contributed by atoms with Crippen molar-refractivity contribution < 1.29 is 4.74 Å². The number of hydrogen-bond acceptors (Lipinski definition) is 4. The Morgan fingerprint density at radius 3 is 2.94 bits per heavy atom. The number of fused-ring (bicyclic) bond motifs is 1. The zero-order chi connectivity index (χ0) is 12.5. The predicted octanol–water partition coefficient (Wildman–Crippen LogP) is 2.28. The van der Waals surface area contributed by atoms with Crippen molar-refractivity contribution in [2.24, 2.45) is 11.8 Å². The van der Waals surface area contributed by atoms with Crippen LogP contribution in [-0.2, 0) is 0 Å². The molecule has 1 aromatic heterocycles. The Balaban J connectivity index is 1.76. The van der Waals surface area contributed by atoms with E-state index in [0.29, 0.717) is 5.88 Å². The monoisotopic (exact) mass is 245 g/mol. The van der Waals surface area contributed by atoms with Gasteiger partial charge in [-0.3, -0.25) is 0 Å². The SMILES string of the molecule is COc1cc(N2C[C@H]3CC=C(C)C[C@H]3C2)ncn1. The first kappa shape index (κ1) is 11.5. The molecule has 1 aliphatic heterocycles. The summed E-state index contributed by atoms with van der Waals surface area (Å²) < 4.78 is 5.16. The largest absolute Gasteiger partial charge is 0.481 e. The molecule has 0 unspecified atom stereocenters. The molecule has 1 fully saturated rings. The topological polar surface area (TPSA) is 38.2 Å². The third-order valence-electron chi connectivity index (χ3n) is 4.09. The molecule has 0 radical (unpaired) electrons. The van der Waals surface area contributed by atoms with Gasteiger partial charge in [0.1, 0.15) is 12.1 Å². The molecule has 0 saturated carbocycles. The number of nitrogens with zero attached hydrogens (tertiary/aromatic N) is 3. The summed E-state index contributed by atoms with van der Waals surface area (Å²) in [5, 5.41) is 0. The first-order valence-electron chi connectivity index (χ1n) is 6.53. The number of hydrogen-bond donors (Lipinski definition) is 0. The zero-order valence-corrected chi connectivity index (χ0v) is 11.0. The molecule has 1 saturated heterocycles. The highest BCUT2D eigenvalue weighted by Crippen LogP contribution is 2.37. The first-order chi connectivity index (χ1) is 8.76. The number of ether oxygens (including phenoxy) is 1. The highest BCUT2D eigenvalue weighted by atomic mass is 16.5. The van der Waals surface area contributed by atoms with Crippen LogP contribution in [0.25, 0.3) is 0 Å². The third-order valence-corrected chi connectivity index (χ3v) is 4.09. The molecule has 2 atom stereocenters. The average molecular weight is 245 g/mol. The van der Waals surface area contributed by atoms with Crippen LogP contribution in [0, 0.1) is 11.8 Å². The van der Waals surface area contributed by atoms with E-state index in [4.69, 9.17) is 4.74 Å². The number of methoxy groups -OCH3 is 1. The van der Waals surface area contributed by atoms with Gasteiger partial charge in [-0.2, -0.15) is 0 Å². The molecule has 0 bridgehead atoms. The van der Waals surface area contributed by atoms with Gasteiger partial charge in [-0.15, -0.1) is 0 Å². The molecule has 2 aliphatic rings. The average Bonchev–Trinajstić information content (AvgIpc) is 2.81. The normalized spacial score (nSPS) is 26.8. The summed E-state index contributed by atoms with van der Waals surface area (Å²) >= 11 is 0. The fourth-order valence-electron chi connectivity index (χ4n) is 3.09. The summed E-state index contributed by atoms with van der Waals surface area (Å²) in [6.45, 7) is 4.46. The van der Waals surface area contributed by atoms with Gasteiger partial charge in [-0.05, 0) is 31.6 Å². The lowest BCUT2D eigenvalue weighted by molar-refractivity contribution is 0.397. The summed E-state index contributed by atoms with van der Waals surface area (Å²) in [7, 11) is 1.64. The van der Waals surface area contributed by atoms with Gasteiger partial charge in [-0.1, -0.05) is 11.6 Å². The molecular formula is C14H19N3O. The lowest BCUT2D eigenvalue weighted by Crippen LogP contribution is -2.21. The van der Waals surface area contributed by atoms with E-state index in [1.54, 1.807) is 19.0 Å². The molecule has 96 valence electrons. The van der Waals surface area contributed by atoms with E-state index in [2.05, 4.69) is 27.9 Å². The van der Waals surface area contributed by atoms with Gasteiger partial charge < -0.3 is 9.64 Å². The van der Waals surface area contributed by atoms with Crippen molar-refractivity contribution in [2.75, 3.05) is 25.1 Å². The second-order valence-electron chi connectivity index (χ2n) is 5.33. The lowest BCUT2D eigenvalue weighted by atomic mass is 9.83. The fourth-order valence-corrected chi connectivity index (χ4v) is 3.09. The minimum absolute atomic E-state index is 0.643. The Kier molecular flexibility index (Phi) is 2.94. The Labute approximate surface area is 108 Å². The third kappa shape index (κ3) is 2.07. The zero-order valence-electron chi connectivity index (χ0n) is 11.0. The van der Waals surface area contributed by atoms with E-state index in [0.717, 1.165) is 30.7 Å². The maximum absolute atomic E-state index is 5.16. The maximum atomic E-state index is 5.16. The summed E-state index contributed by atoms with van der Waals surface area (Å²) in [5.74, 6) is 3.21. The molecule has 1 aliphatic carbocycles. The minimum Gasteiger partial charge on any atom is -0.481 e. The van der Waals surface area contributed by atoms with Gasteiger partial charge in [0, 0.05) is 19.2 Å². The molecule has 0 N–H and O–H groups in total. The lowest BCUT2D eigenvalue weighted by Gasteiger charge is -2.21. The van der Waals surface area contributed by atoms with Crippen LogP contribution in [0.3, 0.4) is 0 Å². The van der Waals surface area contributed by atoms with Crippen molar-refractivity contribution in [3.05, 3.63) is 24.0 Å². The molecule has 0 spiro atoms. The van der Waals surface area contributed by atoms with Crippen LogP contribution in [0.1, 0.15) is 19.8 Å². The summed E-state index contributed by atoms with van der Waals surface area (Å²) in [5.41, 5.74) is 1.54. The smallest absolute Gasteiger partial charge is 0.218 e. The van der Waals surface area contributed by atoms with Crippen LogP contribution >= 0.6 is 0 Å². The van der Waals surface area contributed by atoms with Crippen LogP contribution in [0.5, 0.6) is 5.88 Å². The Bertz CT molecular complexity index is 472. The molecule has 1 aromatic rings. The molecule has 18 heavy (non-hydrogen) atoms. The van der Waals surface area contributed by atoms with Crippen LogP contribution in [0.15, 0.2) is 24.0 Å². The second kappa shape index (κ2) is 4.59. The van der Waals surface area contributed by atoms with E-state index < -0.39 is 0 Å². The molecule has 2 heterocycles. The standard InChI is InChI=1S/C14H19N3O/c1-10-3-4-11-7-17(8-12(11)5-10)13-6-14(18-2)16-9-15-13/h3,6,9,11-12H,4-5,7-8H2,1-2H3/t11-,12+/m1/s1. The second-order valence-corrected chi connectivity index (χ2v) is 5.33. The van der Waals surface area contributed by atoms with E-state index in [1.807, 2.05) is 6.07 Å². The van der Waals surface area contributed by atoms with Crippen LogP contribution in [0.2, 0.25) is 0 Å². The van der Waals surface area contributed by atoms with Gasteiger partial charge in [-0.25, -0.2) is 9.97 Å². The van der Waals surface area contributed by atoms with Crippen molar-refractivity contribution in [1.29, 1.82) is 0 Å². The minimum atomic E-state index is 0.643. The van der Waals surface area contributed by atoms with E-state index in [1.165, 1.54) is 12.8 Å². The predicted molar refractivity (Wildman–Crippen MR) is 70.8 cm³/mol. The maximum Gasteiger partial charge on any atom is 0.218 e. The van der Waals surface area contributed by atoms with Crippen LogP contribution in [0.4, 0.5) is 5.82 Å². The number of allylic oxidation sites excluding steroid dienone is 2. The van der Waals surface area contributed by atoms with Crippen LogP contribution < -0.4 is 9.64 Å².